The molecule has 4 rings (SSSR count). The van der Waals surface area contributed by atoms with Crippen LogP contribution in [0.3, 0.4) is 0 Å². The molecular formula is C23H24FN3OS. The molecular weight excluding hydrogens is 385 g/mol. The minimum atomic E-state index is -0.278. The Kier molecular flexibility index (Phi) is 6.09. The van der Waals surface area contributed by atoms with Gasteiger partial charge < -0.3 is 4.90 Å². The molecule has 0 N–H and O–H groups in total. The largest absolute Gasteiger partial charge is 0.339 e. The van der Waals surface area contributed by atoms with Gasteiger partial charge in [-0.2, -0.15) is 0 Å². The van der Waals surface area contributed by atoms with E-state index in [9.17, 15) is 9.18 Å². The first-order chi connectivity index (χ1) is 14.2. The Morgan fingerprint density at radius 3 is 2.62 bits per heavy atom. The molecule has 1 aromatic heterocycles. The van der Waals surface area contributed by atoms with E-state index < -0.39 is 0 Å². The van der Waals surface area contributed by atoms with Crippen molar-refractivity contribution in [3.05, 3.63) is 54.3 Å². The van der Waals surface area contributed by atoms with Gasteiger partial charge in [0.15, 0.2) is 0 Å². The first-order valence-electron chi connectivity index (χ1n) is 10.1. The van der Waals surface area contributed by atoms with Crippen LogP contribution in [-0.2, 0) is 4.79 Å². The predicted molar refractivity (Wildman–Crippen MR) is 115 cm³/mol. The summed E-state index contributed by atoms with van der Waals surface area (Å²) in [6, 6.07) is 14.5. The summed E-state index contributed by atoms with van der Waals surface area (Å²) < 4.78 is 13.3. The van der Waals surface area contributed by atoms with Gasteiger partial charge >= 0.3 is 0 Å². The zero-order chi connectivity index (χ0) is 20.2. The molecule has 150 valence electrons. The maximum Gasteiger partial charge on any atom is 0.233 e. The molecule has 2 aromatic carbocycles. The van der Waals surface area contributed by atoms with E-state index in [-0.39, 0.29) is 11.7 Å². The number of rotatable bonds is 5. The van der Waals surface area contributed by atoms with Crippen molar-refractivity contribution in [1.82, 2.24) is 15.1 Å². The molecule has 1 fully saturated rings. The lowest BCUT2D eigenvalue weighted by molar-refractivity contribution is -0.132. The number of likely N-dealkylation sites (tertiary alicyclic amines) is 1. The Labute approximate surface area is 174 Å². The molecule has 0 bridgehead atoms. The van der Waals surface area contributed by atoms with Crippen LogP contribution in [0.25, 0.3) is 22.0 Å². The number of piperidine rings is 1. The number of fused-ring (bicyclic) bond motifs is 1. The van der Waals surface area contributed by atoms with Gasteiger partial charge in [-0.25, -0.2) is 4.39 Å². The molecule has 0 saturated carbocycles. The number of amides is 1. The minimum Gasteiger partial charge on any atom is -0.339 e. The number of benzene rings is 2. The van der Waals surface area contributed by atoms with Crippen molar-refractivity contribution in [2.24, 2.45) is 0 Å². The van der Waals surface area contributed by atoms with E-state index in [4.69, 9.17) is 0 Å². The Balaban J connectivity index is 1.58. The van der Waals surface area contributed by atoms with Gasteiger partial charge in [0.1, 0.15) is 16.5 Å². The molecule has 1 saturated heterocycles. The highest BCUT2D eigenvalue weighted by molar-refractivity contribution is 8.00. The molecule has 0 unspecified atom stereocenters. The number of carbonyl (C=O) groups excluding carboxylic acids is 1. The molecule has 1 atom stereocenters. The van der Waals surface area contributed by atoms with Gasteiger partial charge in [0, 0.05) is 28.9 Å². The van der Waals surface area contributed by atoms with Crippen molar-refractivity contribution < 1.29 is 9.18 Å². The highest BCUT2D eigenvalue weighted by Crippen LogP contribution is 2.32. The van der Waals surface area contributed by atoms with Gasteiger partial charge in [0.05, 0.1) is 5.75 Å². The van der Waals surface area contributed by atoms with Crippen molar-refractivity contribution in [1.29, 1.82) is 0 Å². The second-order valence-electron chi connectivity index (χ2n) is 7.34. The van der Waals surface area contributed by atoms with Crippen molar-refractivity contribution in [3.8, 4) is 11.3 Å². The highest BCUT2D eigenvalue weighted by Gasteiger charge is 2.25. The summed E-state index contributed by atoms with van der Waals surface area (Å²) in [5, 5.41) is 11.5. The fourth-order valence-electron chi connectivity index (χ4n) is 3.97. The van der Waals surface area contributed by atoms with Gasteiger partial charge in [0.2, 0.25) is 5.91 Å². The van der Waals surface area contributed by atoms with Crippen LogP contribution < -0.4 is 0 Å². The number of hydrogen-bond donors (Lipinski definition) is 0. The van der Waals surface area contributed by atoms with Gasteiger partial charge in [-0.3, -0.25) is 4.79 Å². The highest BCUT2D eigenvalue weighted by atomic mass is 32.2. The van der Waals surface area contributed by atoms with Crippen LogP contribution in [0.5, 0.6) is 0 Å². The van der Waals surface area contributed by atoms with Crippen molar-refractivity contribution >= 4 is 28.4 Å². The summed E-state index contributed by atoms with van der Waals surface area (Å²) in [7, 11) is 0. The van der Waals surface area contributed by atoms with E-state index in [1.54, 1.807) is 12.1 Å². The molecule has 0 radical (unpaired) electrons. The standard InChI is InChI=1S/C23H24FN3OS/c1-2-18-7-5-6-14-27(18)21(28)15-29-23-20-9-4-3-8-19(20)22(25-26-23)16-10-12-17(24)13-11-16/h3-4,8-13,18H,2,5-7,14-15H2,1H3/t18-/m0/s1. The minimum absolute atomic E-state index is 0.176. The molecule has 3 aromatic rings. The first kappa shape index (κ1) is 19.8. The average Bonchev–Trinajstić information content (AvgIpc) is 2.78. The Morgan fingerprint density at radius 1 is 1.10 bits per heavy atom. The topological polar surface area (TPSA) is 46.1 Å². The van der Waals surface area contributed by atoms with E-state index in [1.165, 1.54) is 30.3 Å². The fourth-order valence-corrected chi connectivity index (χ4v) is 4.83. The maximum atomic E-state index is 13.3. The fraction of sp³-hybridized carbons (Fsp3) is 0.348. The van der Waals surface area contributed by atoms with Gasteiger partial charge in [-0.1, -0.05) is 43.0 Å². The molecule has 2 heterocycles. The van der Waals surface area contributed by atoms with Crippen LogP contribution in [0.1, 0.15) is 32.6 Å². The van der Waals surface area contributed by atoms with Crippen molar-refractivity contribution in [3.63, 3.8) is 0 Å². The van der Waals surface area contributed by atoms with Crippen molar-refractivity contribution in [2.45, 2.75) is 43.7 Å². The van der Waals surface area contributed by atoms with Crippen LogP contribution in [0.15, 0.2) is 53.6 Å². The summed E-state index contributed by atoms with van der Waals surface area (Å²) in [6.07, 6.45) is 4.39. The molecule has 1 aliphatic heterocycles. The van der Waals surface area contributed by atoms with Crippen molar-refractivity contribution in [2.75, 3.05) is 12.3 Å². The lowest BCUT2D eigenvalue weighted by atomic mass is 10.0. The molecule has 0 aliphatic carbocycles. The monoisotopic (exact) mass is 409 g/mol. The van der Waals surface area contributed by atoms with E-state index in [0.29, 0.717) is 11.8 Å². The van der Waals surface area contributed by atoms with Crippen LogP contribution in [0, 0.1) is 5.82 Å². The molecule has 1 amide bonds. The number of carbonyl (C=O) groups is 1. The lowest BCUT2D eigenvalue weighted by Crippen LogP contribution is -2.44. The summed E-state index contributed by atoms with van der Waals surface area (Å²) in [5.74, 6) is 0.264. The lowest BCUT2D eigenvalue weighted by Gasteiger charge is -2.35. The zero-order valence-corrected chi connectivity index (χ0v) is 17.3. The average molecular weight is 410 g/mol. The first-order valence-corrected chi connectivity index (χ1v) is 11.1. The molecule has 0 spiro atoms. The van der Waals surface area contributed by atoms with Gasteiger partial charge in [-0.05, 0) is 49.9 Å². The van der Waals surface area contributed by atoms with E-state index in [1.807, 2.05) is 29.2 Å². The number of hydrogen-bond acceptors (Lipinski definition) is 4. The predicted octanol–water partition coefficient (Wildman–Crippen LogP) is 5.32. The summed E-state index contributed by atoms with van der Waals surface area (Å²) in [6.45, 7) is 3.00. The third-order valence-electron chi connectivity index (χ3n) is 5.52. The van der Waals surface area contributed by atoms with E-state index >= 15 is 0 Å². The number of halogens is 1. The molecule has 4 nitrogen and oxygen atoms in total. The SMILES string of the molecule is CC[C@H]1CCCCN1C(=O)CSc1nnc(-c2ccc(F)cc2)c2ccccc12. The molecule has 6 heteroatoms. The molecule has 29 heavy (non-hydrogen) atoms. The maximum absolute atomic E-state index is 13.3. The molecule has 1 aliphatic rings. The third kappa shape index (κ3) is 4.27. The second-order valence-corrected chi connectivity index (χ2v) is 8.30. The Bertz CT molecular complexity index is 1010. The van der Waals surface area contributed by atoms with Gasteiger partial charge in [0.25, 0.3) is 0 Å². The second kappa shape index (κ2) is 8.91. The number of nitrogens with zero attached hydrogens (tertiary/aromatic N) is 3. The van der Waals surface area contributed by atoms with E-state index in [2.05, 4.69) is 17.1 Å². The Morgan fingerprint density at radius 2 is 1.86 bits per heavy atom. The smallest absolute Gasteiger partial charge is 0.233 e. The van der Waals surface area contributed by atoms with E-state index in [0.717, 1.165) is 52.9 Å². The van der Waals surface area contributed by atoms with Crippen LogP contribution in [0.2, 0.25) is 0 Å². The zero-order valence-electron chi connectivity index (χ0n) is 16.5. The summed E-state index contributed by atoms with van der Waals surface area (Å²) in [5.41, 5.74) is 1.54. The third-order valence-corrected chi connectivity index (χ3v) is 6.49. The summed E-state index contributed by atoms with van der Waals surface area (Å²) in [4.78, 5) is 14.9. The normalized spacial score (nSPS) is 16.9. The quantitative estimate of drug-likeness (QED) is 0.535. The van der Waals surface area contributed by atoms with Crippen LogP contribution in [0.4, 0.5) is 4.39 Å². The number of aromatic nitrogens is 2. The Hall–Kier alpha value is -2.47. The number of thioether (sulfide) groups is 1. The summed E-state index contributed by atoms with van der Waals surface area (Å²) >= 11 is 1.45. The van der Waals surface area contributed by atoms with Crippen LogP contribution in [-0.4, -0.2) is 39.3 Å². The van der Waals surface area contributed by atoms with Gasteiger partial charge in [-0.15, -0.1) is 10.2 Å². The van der Waals surface area contributed by atoms with Crippen LogP contribution >= 0.6 is 11.8 Å².